The van der Waals surface area contributed by atoms with Gasteiger partial charge in [0.15, 0.2) is 0 Å². The van der Waals surface area contributed by atoms with Crippen molar-refractivity contribution in [1.29, 1.82) is 0 Å². The fraction of sp³-hybridized carbons (Fsp3) is 0.476. The summed E-state index contributed by atoms with van der Waals surface area (Å²) in [6.45, 7) is 1.99. The highest BCUT2D eigenvalue weighted by molar-refractivity contribution is 6.31. The number of nitrogens with one attached hydrogen (secondary N) is 1. The van der Waals surface area contributed by atoms with Gasteiger partial charge < -0.3 is 15.0 Å². The first-order chi connectivity index (χ1) is 12.8. The normalized spacial score (nSPS) is 27.0. The minimum absolute atomic E-state index is 0.0155. The van der Waals surface area contributed by atoms with Crippen molar-refractivity contribution in [2.24, 2.45) is 18.9 Å². The number of hydrogen-bond acceptors (Lipinski definition) is 2. The highest BCUT2D eigenvalue weighted by atomic mass is 35.5. The van der Waals surface area contributed by atoms with Crippen LogP contribution in [0.2, 0.25) is 5.02 Å². The Kier molecular flexibility index (Phi) is 4.77. The van der Waals surface area contributed by atoms with Gasteiger partial charge in [-0.15, -0.1) is 0 Å². The van der Waals surface area contributed by atoms with Gasteiger partial charge in [0.1, 0.15) is 11.5 Å². The molecule has 2 unspecified atom stereocenters. The lowest BCUT2D eigenvalue weighted by molar-refractivity contribution is 0.101. The predicted molar refractivity (Wildman–Crippen MR) is 104 cm³/mol. The van der Waals surface area contributed by atoms with Crippen molar-refractivity contribution in [1.82, 2.24) is 4.57 Å². The van der Waals surface area contributed by atoms with Crippen molar-refractivity contribution in [2.75, 3.05) is 5.32 Å². The molecule has 2 N–H and O–H groups in total. The molecule has 4 nitrogen and oxygen atoms in total. The van der Waals surface area contributed by atoms with Gasteiger partial charge in [-0.2, -0.15) is 0 Å². The largest absolute Gasteiger partial charge is 0.393 e. The van der Waals surface area contributed by atoms with Crippen LogP contribution in [-0.4, -0.2) is 21.7 Å². The van der Waals surface area contributed by atoms with Crippen LogP contribution in [0.1, 0.15) is 53.3 Å². The molecular formula is C21H24ClFN2O2. The Labute approximate surface area is 163 Å². The van der Waals surface area contributed by atoms with Gasteiger partial charge in [0, 0.05) is 18.4 Å². The van der Waals surface area contributed by atoms with E-state index in [2.05, 4.69) is 11.4 Å². The smallest absolute Gasteiger partial charge is 0.272 e. The predicted octanol–water partition coefficient (Wildman–Crippen LogP) is 4.64. The second kappa shape index (κ2) is 6.95. The van der Waals surface area contributed by atoms with Gasteiger partial charge in [-0.25, -0.2) is 4.39 Å². The summed E-state index contributed by atoms with van der Waals surface area (Å²) >= 11 is 5.83. The van der Waals surface area contributed by atoms with Gasteiger partial charge in [0.05, 0.1) is 11.1 Å². The standard InChI is InChI=1S/C21H24ClFN2O2/c1-11-5-17(14-6-12-8-16(26)9-13(12)7-14)20(25(11)2)21(27)24-15-3-4-19(23)18(22)10-15/h3-5,10,12-14,16,26H,6-9H2,1-2H3,(H,24,27). The van der Waals surface area contributed by atoms with E-state index in [0.717, 1.165) is 36.9 Å². The Morgan fingerprint density at radius 3 is 2.52 bits per heavy atom. The molecule has 2 atom stereocenters. The average molecular weight is 391 g/mol. The summed E-state index contributed by atoms with van der Waals surface area (Å²) in [4.78, 5) is 13.0. The van der Waals surface area contributed by atoms with Crippen LogP contribution in [-0.2, 0) is 7.05 Å². The van der Waals surface area contributed by atoms with Crippen LogP contribution >= 0.6 is 11.6 Å². The number of aromatic nitrogens is 1. The molecule has 1 amide bonds. The van der Waals surface area contributed by atoms with E-state index in [1.54, 1.807) is 0 Å². The van der Waals surface area contributed by atoms with Crippen LogP contribution in [0.25, 0.3) is 0 Å². The fourth-order valence-corrected chi connectivity index (χ4v) is 5.14. The number of amides is 1. The second-order valence-electron chi connectivity index (χ2n) is 8.05. The third-order valence-corrected chi connectivity index (χ3v) is 6.62. The number of aliphatic hydroxyl groups is 1. The van der Waals surface area contributed by atoms with E-state index in [-0.39, 0.29) is 17.0 Å². The Balaban J connectivity index is 1.59. The van der Waals surface area contributed by atoms with Crippen LogP contribution in [0.3, 0.4) is 0 Å². The highest BCUT2D eigenvalue weighted by Crippen LogP contribution is 2.51. The quantitative estimate of drug-likeness (QED) is 0.801. The van der Waals surface area contributed by atoms with Gasteiger partial charge in [0.25, 0.3) is 5.91 Å². The average Bonchev–Trinajstić information content (AvgIpc) is 3.22. The number of hydrogen-bond donors (Lipinski definition) is 2. The van der Waals surface area contributed by atoms with Gasteiger partial charge in [-0.05, 0) is 80.2 Å². The Morgan fingerprint density at radius 2 is 1.89 bits per heavy atom. The second-order valence-corrected chi connectivity index (χ2v) is 8.45. The van der Waals surface area contributed by atoms with Crippen LogP contribution in [0.4, 0.5) is 10.1 Å². The first-order valence-corrected chi connectivity index (χ1v) is 9.82. The van der Waals surface area contributed by atoms with E-state index in [9.17, 15) is 14.3 Å². The third kappa shape index (κ3) is 3.39. The van der Waals surface area contributed by atoms with E-state index in [0.29, 0.717) is 29.1 Å². The molecular weight excluding hydrogens is 367 g/mol. The zero-order valence-electron chi connectivity index (χ0n) is 15.5. The minimum Gasteiger partial charge on any atom is -0.393 e. The number of aryl methyl sites for hydroxylation is 1. The maximum absolute atomic E-state index is 13.4. The monoisotopic (exact) mass is 390 g/mol. The molecule has 2 aliphatic carbocycles. The molecule has 2 aliphatic rings. The van der Waals surface area contributed by atoms with E-state index >= 15 is 0 Å². The van der Waals surface area contributed by atoms with Gasteiger partial charge in [0.2, 0.25) is 0 Å². The SMILES string of the molecule is Cc1cc(C2CC3CC(O)CC3C2)c(C(=O)Nc2ccc(F)c(Cl)c2)n1C. The molecule has 2 aromatic rings. The summed E-state index contributed by atoms with van der Waals surface area (Å²) in [5.41, 5.74) is 3.23. The highest BCUT2D eigenvalue weighted by Gasteiger charge is 2.42. The Morgan fingerprint density at radius 1 is 1.22 bits per heavy atom. The number of carbonyl (C=O) groups excluding carboxylic acids is 1. The molecule has 0 bridgehead atoms. The van der Waals surface area contributed by atoms with Gasteiger partial charge in [-0.3, -0.25) is 4.79 Å². The molecule has 0 spiro atoms. The molecule has 0 saturated heterocycles. The van der Waals surface area contributed by atoms with Gasteiger partial charge >= 0.3 is 0 Å². The molecule has 4 rings (SSSR count). The molecule has 2 saturated carbocycles. The molecule has 6 heteroatoms. The molecule has 2 fully saturated rings. The number of halogens is 2. The summed E-state index contributed by atoms with van der Waals surface area (Å²) in [5, 5.41) is 12.7. The molecule has 0 radical (unpaired) electrons. The Bertz CT molecular complexity index is 881. The van der Waals surface area contributed by atoms with E-state index in [1.165, 1.54) is 18.2 Å². The summed E-state index contributed by atoms with van der Waals surface area (Å²) < 4.78 is 15.3. The summed E-state index contributed by atoms with van der Waals surface area (Å²) in [7, 11) is 1.89. The summed E-state index contributed by atoms with van der Waals surface area (Å²) in [5.74, 6) is 0.727. The first kappa shape index (κ1) is 18.5. The summed E-state index contributed by atoms with van der Waals surface area (Å²) in [6.07, 6.45) is 3.64. The molecule has 1 heterocycles. The van der Waals surface area contributed by atoms with Crippen molar-refractivity contribution in [3.05, 3.63) is 52.1 Å². The number of aliphatic hydroxyl groups excluding tert-OH is 1. The lowest BCUT2D eigenvalue weighted by Crippen LogP contribution is -2.19. The van der Waals surface area contributed by atoms with E-state index < -0.39 is 5.82 Å². The zero-order chi connectivity index (χ0) is 19.3. The maximum Gasteiger partial charge on any atom is 0.272 e. The Hall–Kier alpha value is -1.85. The number of nitrogens with zero attached hydrogens (tertiary/aromatic N) is 1. The van der Waals surface area contributed by atoms with Crippen LogP contribution < -0.4 is 5.32 Å². The lowest BCUT2D eigenvalue weighted by Gasteiger charge is -2.15. The van der Waals surface area contributed by atoms with E-state index in [4.69, 9.17) is 11.6 Å². The minimum atomic E-state index is -0.509. The molecule has 0 aliphatic heterocycles. The number of benzene rings is 1. The van der Waals surface area contributed by atoms with Crippen molar-refractivity contribution >= 4 is 23.2 Å². The van der Waals surface area contributed by atoms with Gasteiger partial charge in [-0.1, -0.05) is 11.6 Å². The third-order valence-electron chi connectivity index (χ3n) is 6.33. The number of carbonyl (C=O) groups is 1. The molecule has 1 aromatic heterocycles. The van der Waals surface area contributed by atoms with Crippen molar-refractivity contribution < 1.29 is 14.3 Å². The fourth-order valence-electron chi connectivity index (χ4n) is 4.96. The number of anilines is 1. The topological polar surface area (TPSA) is 54.3 Å². The van der Waals surface area contributed by atoms with Crippen LogP contribution in [0, 0.1) is 24.6 Å². The number of rotatable bonds is 3. The van der Waals surface area contributed by atoms with Crippen molar-refractivity contribution in [2.45, 2.75) is 44.6 Å². The van der Waals surface area contributed by atoms with Crippen LogP contribution in [0.15, 0.2) is 24.3 Å². The number of fused-ring (bicyclic) bond motifs is 1. The van der Waals surface area contributed by atoms with Crippen molar-refractivity contribution in [3.8, 4) is 0 Å². The lowest BCUT2D eigenvalue weighted by atomic mass is 9.93. The zero-order valence-corrected chi connectivity index (χ0v) is 16.3. The molecule has 1 aromatic carbocycles. The summed E-state index contributed by atoms with van der Waals surface area (Å²) in [6, 6.07) is 6.29. The molecule has 144 valence electrons. The first-order valence-electron chi connectivity index (χ1n) is 9.44. The maximum atomic E-state index is 13.4. The van der Waals surface area contributed by atoms with E-state index in [1.807, 2.05) is 18.5 Å². The van der Waals surface area contributed by atoms with Crippen molar-refractivity contribution in [3.63, 3.8) is 0 Å². The van der Waals surface area contributed by atoms with Crippen LogP contribution in [0.5, 0.6) is 0 Å². The molecule has 27 heavy (non-hydrogen) atoms.